The topological polar surface area (TPSA) is 38.9 Å². The molecule has 0 radical (unpaired) electrons. The van der Waals surface area contributed by atoms with Crippen molar-refractivity contribution in [1.29, 1.82) is 0 Å². The number of aromatic nitrogens is 1. The minimum absolute atomic E-state index is 0.0355. The molecule has 17 heavy (non-hydrogen) atoms. The Balaban J connectivity index is 1.93. The quantitative estimate of drug-likeness (QED) is 0.840. The number of nitrogens with zero attached hydrogens (tertiary/aromatic N) is 1. The maximum Gasteiger partial charge on any atom is 0.0405 e. The molecule has 1 aromatic heterocycles. The Labute approximate surface area is 106 Å². The highest BCUT2D eigenvalue weighted by Gasteiger charge is 2.06. The zero-order valence-corrected chi connectivity index (χ0v) is 10.7. The summed E-state index contributed by atoms with van der Waals surface area (Å²) in [7, 11) is 0. The van der Waals surface area contributed by atoms with Gasteiger partial charge in [-0.1, -0.05) is 24.3 Å². The monoisotopic (exact) mass is 244 g/mol. The van der Waals surface area contributed by atoms with Crippen LogP contribution in [0.5, 0.6) is 0 Å². The molecule has 0 bridgehead atoms. The molecule has 0 aliphatic heterocycles. The molecule has 0 spiro atoms. The first-order valence-electron chi connectivity index (χ1n) is 5.61. The average molecular weight is 244 g/mol. The summed E-state index contributed by atoms with van der Waals surface area (Å²) >= 11 is 1.77. The summed E-state index contributed by atoms with van der Waals surface area (Å²) in [5.74, 6) is 0.870. The Hall–Kier alpha value is -1.32. The lowest BCUT2D eigenvalue weighted by atomic mass is 10.1. The van der Waals surface area contributed by atoms with E-state index in [2.05, 4.69) is 23.2 Å². The van der Waals surface area contributed by atoms with Crippen LogP contribution in [0.2, 0.25) is 0 Å². The van der Waals surface area contributed by atoms with Gasteiger partial charge in [0.2, 0.25) is 0 Å². The van der Waals surface area contributed by atoms with E-state index in [1.807, 2.05) is 37.4 Å². The van der Waals surface area contributed by atoms with Crippen LogP contribution in [0.3, 0.4) is 0 Å². The molecule has 2 aromatic rings. The summed E-state index contributed by atoms with van der Waals surface area (Å²) in [6.45, 7) is 1.98. The predicted octanol–water partition coefficient (Wildman–Crippen LogP) is 3.18. The zero-order valence-electron chi connectivity index (χ0n) is 9.84. The first-order valence-corrected chi connectivity index (χ1v) is 6.60. The van der Waals surface area contributed by atoms with Gasteiger partial charge in [-0.25, -0.2) is 0 Å². The molecule has 1 atom stereocenters. The third kappa shape index (κ3) is 3.58. The van der Waals surface area contributed by atoms with Gasteiger partial charge < -0.3 is 5.73 Å². The highest BCUT2D eigenvalue weighted by Crippen LogP contribution is 2.22. The molecule has 1 aromatic carbocycles. The third-order valence-corrected chi connectivity index (χ3v) is 3.67. The maximum atomic E-state index is 6.13. The third-order valence-electron chi connectivity index (χ3n) is 2.54. The van der Waals surface area contributed by atoms with Gasteiger partial charge in [0.05, 0.1) is 0 Å². The summed E-state index contributed by atoms with van der Waals surface area (Å²) in [4.78, 5) is 5.52. The Morgan fingerprint density at radius 1 is 1.18 bits per heavy atom. The van der Waals surface area contributed by atoms with E-state index in [4.69, 9.17) is 5.73 Å². The van der Waals surface area contributed by atoms with Gasteiger partial charge >= 0.3 is 0 Å². The summed E-state index contributed by atoms with van der Waals surface area (Å²) in [6, 6.07) is 14.4. The van der Waals surface area contributed by atoms with Gasteiger partial charge in [-0.15, -0.1) is 11.8 Å². The number of pyridine rings is 1. The second-order valence-corrected chi connectivity index (χ2v) is 5.06. The van der Waals surface area contributed by atoms with Crippen LogP contribution in [0.4, 0.5) is 0 Å². The van der Waals surface area contributed by atoms with E-state index in [9.17, 15) is 0 Å². The molecule has 3 heteroatoms. The molecule has 1 unspecified atom stereocenters. The normalized spacial score (nSPS) is 12.4. The van der Waals surface area contributed by atoms with Gasteiger partial charge in [0.25, 0.3) is 0 Å². The smallest absolute Gasteiger partial charge is 0.0405 e. The van der Waals surface area contributed by atoms with Crippen molar-refractivity contribution in [1.82, 2.24) is 4.98 Å². The number of thioether (sulfide) groups is 1. The highest BCUT2D eigenvalue weighted by atomic mass is 32.2. The van der Waals surface area contributed by atoms with Crippen molar-refractivity contribution in [3.63, 3.8) is 0 Å². The fourth-order valence-electron chi connectivity index (χ4n) is 1.50. The molecule has 2 N–H and O–H groups in total. The molecular formula is C14H16N2S. The van der Waals surface area contributed by atoms with Crippen molar-refractivity contribution >= 4 is 11.8 Å². The van der Waals surface area contributed by atoms with E-state index in [1.54, 1.807) is 11.8 Å². The number of rotatable bonds is 4. The van der Waals surface area contributed by atoms with Gasteiger partial charge in [-0.05, 0) is 30.7 Å². The summed E-state index contributed by atoms with van der Waals surface area (Å²) < 4.78 is 0. The van der Waals surface area contributed by atoms with Crippen molar-refractivity contribution in [2.45, 2.75) is 17.9 Å². The SMILES string of the molecule is Cc1ccc(C(N)CSc2ccccc2)cn1. The number of aryl methyl sites for hydroxylation is 1. The van der Waals surface area contributed by atoms with Gasteiger partial charge in [0.1, 0.15) is 0 Å². The molecule has 0 amide bonds. The van der Waals surface area contributed by atoms with E-state index in [-0.39, 0.29) is 6.04 Å². The molecule has 0 fully saturated rings. The molecule has 88 valence electrons. The van der Waals surface area contributed by atoms with Crippen molar-refractivity contribution in [3.05, 3.63) is 59.9 Å². The zero-order chi connectivity index (χ0) is 12.1. The van der Waals surface area contributed by atoms with Crippen LogP contribution in [0.1, 0.15) is 17.3 Å². The van der Waals surface area contributed by atoms with Gasteiger partial charge in [-0.3, -0.25) is 4.98 Å². The lowest BCUT2D eigenvalue weighted by Gasteiger charge is -2.11. The minimum Gasteiger partial charge on any atom is -0.323 e. The standard InChI is InChI=1S/C14H16N2S/c1-11-7-8-12(9-16-11)14(15)10-17-13-5-3-2-4-6-13/h2-9,14H,10,15H2,1H3. The lowest BCUT2D eigenvalue weighted by Crippen LogP contribution is -2.13. The van der Waals surface area contributed by atoms with Crippen molar-refractivity contribution in [2.75, 3.05) is 5.75 Å². The Kier molecular flexibility index (Phi) is 4.18. The van der Waals surface area contributed by atoms with Gasteiger partial charge in [0.15, 0.2) is 0 Å². The van der Waals surface area contributed by atoms with E-state index in [0.717, 1.165) is 17.0 Å². The molecule has 2 nitrogen and oxygen atoms in total. The Morgan fingerprint density at radius 2 is 1.94 bits per heavy atom. The lowest BCUT2D eigenvalue weighted by molar-refractivity contribution is 0.822. The predicted molar refractivity (Wildman–Crippen MR) is 73.1 cm³/mol. The van der Waals surface area contributed by atoms with Gasteiger partial charge in [-0.2, -0.15) is 0 Å². The summed E-state index contributed by atoms with van der Waals surface area (Å²) in [6.07, 6.45) is 1.87. The molecule has 0 saturated heterocycles. The Morgan fingerprint density at radius 3 is 2.59 bits per heavy atom. The highest BCUT2D eigenvalue weighted by molar-refractivity contribution is 7.99. The molecule has 0 aliphatic rings. The second kappa shape index (κ2) is 5.84. The van der Waals surface area contributed by atoms with Crippen molar-refractivity contribution in [3.8, 4) is 0 Å². The van der Waals surface area contributed by atoms with Crippen LogP contribution in [0, 0.1) is 6.92 Å². The second-order valence-electron chi connectivity index (χ2n) is 3.96. The molecule has 0 saturated carbocycles. The average Bonchev–Trinajstić information content (AvgIpc) is 2.38. The van der Waals surface area contributed by atoms with E-state index < -0.39 is 0 Å². The number of hydrogen-bond donors (Lipinski definition) is 1. The maximum absolute atomic E-state index is 6.13. The number of nitrogens with two attached hydrogens (primary N) is 1. The van der Waals surface area contributed by atoms with Crippen LogP contribution < -0.4 is 5.73 Å². The summed E-state index contributed by atoms with van der Waals surface area (Å²) in [5.41, 5.74) is 8.25. The fourth-order valence-corrected chi connectivity index (χ4v) is 2.41. The van der Waals surface area contributed by atoms with Crippen molar-refractivity contribution in [2.24, 2.45) is 5.73 Å². The molecular weight excluding hydrogens is 228 g/mol. The minimum atomic E-state index is 0.0355. The van der Waals surface area contributed by atoms with Crippen LogP contribution in [0.25, 0.3) is 0 Å². The largest absolute Gasteiger partial charge is 0.323 e. The van der Waals surface area contributed by atoms with Crippen LogP contribution >= 0.6 is 11.8 Å². The number of hydrogen-bond acceptors (Lipinski definition) is 3. The fraction of sp³-hybridized carbons (Fsp3) is 0.214. The van der Waals surface area contributed by atoms with Gasteiger partial charge in [0, 0.05) is 28.6 Å². The van der Waals surface area contributed by atoms with E-state index in [1.165, 1.54) is 4.90 Å². The van der Waals surface area contributed by atoms with E-state index >= 15 is 0 Å². The first-order chi connectivity index (χ1) is 8.25. The van der Waals surface area contributed by atoms with Crippen LogP contribution in [-0.4, -0.2) is 10.7 Å². The molecule has 0 aliphatic carbocycles. The first kappa shape index (κ1) is 12.1. The van der Waals surface area contributed by atoms with Crippen LogP contribution in [-0.2, 0) is 0 Å². The molecule has 2 rings (SSSR count). The van der Waals surface area contributed by atoms with E-state index in [0.29, 0.717) is 0 Å². The number of benzene rings is 1. The summed E-state index contributed by atoms with van der Waals surface area (Å²) in [5, 5.41) is 0. The van der Waals surface area contributed by atoms with Crippen molar-refractivity contribution < 1.29 is 0 Å². The Bertz CT molecular complexity index is 453. The molecule has 1 heterocycles. The van der Waals surface area contributed by atoms with Crippen LogP contribution in [0.15, 0.2) is 53.6 Å².